The molecule has 0 saturated carbocycles. The maximum Gasteiger partial charge on any atom is 0.253 e. The summed E-state index contributed by atoms with van der Waals surface area (Å²) in [7, 11) is 0. The molecule has 0 radical (unpaired) electrons. The SMILES string of the molecule is Cc1ccccc1N(C(=O)Cn1cc(Br)ccc1=O)c1nc2ccccc2s1. The zero-order chi connectivity index (χ0) is 19.7. The van der Waals surface area contributed by atoms with Gasteiger partial charge >= 0.3 is 0 Å². The average molecular weight is 454 g/mol. The summed E-state index contributed by atoms with van der Waals surface area (Å²) in [5.41, 5.74) is 2.32. The van der Waals surface area contributed by atoms with Crippen LogP contribution in [0.1, 0.15) is 5.56 Å². The summed E-state index contributed by atoms with van der Waals surface area (Å²) >= 11 is 4.81. The molecular weight excluding hydrogens is 438 g/mol. The Morgan fingerprint density at radius 1 is 1.11 bits per heavy atom. The Morgan fingerprint density at radius 3 is 2.64 bits per heavy atom. The molecule has 28 heavy (non-hydrogen) atoms. The second-order valence-corrected chi connectivity index (χ2v) is 8.22. The Balaban J connectivity index is 1.81. The van der Waals surface area contributed by atoms with E-state index in [0.29, 0.717) is 5.13 Å². The van der Waals surface area contributed by atoms with Crippen LogP contribution in [-0.4, -0.2) is 15.5 Å². The van der Waals surface area contributed by atoms with Crippen molar-refractivity contribution >= 4 is 54.2 Å². The predicted molar refractivity (Wildman–Crippen MR) is 116 cm³/mol. The molecule has 2 heterocycles. The van der Waals surface area contributed by atoms with E-state index in [2.05, 4.69) is 20.9 Å². The summed E-state index contributed by atoms with van der Waals surface area (Å²) in [4.78, 5) is 31.8. The van der Waals surface area contributed by atoms with Gasteiger partial charge in [0.15, 0.2) is 5.13 Å². The molecule has 140 valence electrons. The van der Waals surface area contributed by atoms with Crippen molar-refractivity contribution in [3.63, 3.8) is 0 Å². The zero-order valence-corrected chi connectivity index (χ0v) is 17.4. The molecule has 5 nitrogen and oxygen atoms in total. The highest BCUT2D eigenvalue weighted by Gasteiger charge is 2.23. The molecule has 0 saturated heterocycles. The van der Waals surface area contributed by atoms with Crippen molar-refractivity contribution in [3.8, 4) is 0 Å². The minimum Gasteiger partial charge on any atom is -0.305 e. The number of rotatable bonds is 4. The first-order chi connectivity index (χ1) is 13.5. The summed E-state index contributed by atoms with van der Waals surface area (Å²) in [5, 5.41) is 0.587. The number of pyridine rings is 1. The van der Waals surface area contributed by atoms with Crippen LogP contribution in [0, 0.1) is 6.92 Å². The molecule has 1 amide bonds. The van der Waals surface area contributed by atoms with Crippen LogP contribution in [0.25, 0.3) is 10.2 Å². The van der Waals surface area contributed by atoms with Crippen LogP contribution in [0.5, 0.6) is 0 Å². The molecule has 0 atom stereocenters. The standard InChI is InChI=1S/C21H16BrN3O2S/c1-14-6-2-4-8-17(14)25(21-23-16-7-3-5-9-18(16)28-21)20(27)13-24-12-15(22)10-11-19(24)26/h2-12H,13H2,1H3. The Hall–Kier alpha value is -2.77. The van der Waals surface area contributed by atoms with E-state index in [9.17, 15) is 9.59 Å². The molecule has 0 N–H and O–H groups in total. The van der Waals surface area contributed by atoms with Gasteiger partial charge in [-0.3, -0.25) is 14.5 Å². The molecule has 0 bridgehead atoms. The number of thiazole rings is 1. The monoisotopic (exact) mass is 453 g/mol. The van der Waals surface area contributed by atoms with E-state index in [4.69, 9.17) is 0 Å². The van der Waals surface area contributed by atoms with Crippen molar-refractivity contribution in [3.05, 3.63) is 87.3 Å². The van der Waals surface area contributed by atoms with Gasteiger partial charge in [0.1, 0.15) is 6.54 Å². The number of fused-ring (bicyclic) bond motifs is 1. The number of para-hydroxylation sites is 2. The van der Waals surface area contributed by atoms with Crippen LogP contribution >= 0.6 is 27.3 Å². The fourth-order valence-electron chi connectivity index (χ4n) is 2.96. The molecule has 2 aromatic carbocycles. The van der Waals surface area contributed by atoms with E-state index in [1.54, 1.807) is 17.2 Å². The Labute approximate surface area is 174 Å². The third-order valence-corrected chi connectivity index (χ3v) is 5.82. The topological polar surface area (TPSA) is 55.2 Å². The van der Waals surface area contributed by atoms with Crippen molar-refractivity contribution in [2.75, 3.05) is 4.90 Å². The highest BCUT2D eigenvalue weighted by molar-refractivity contribution is 9.10. The zero-order valence-electron chi connectivity index (χ0n) is 15.0. The van der Waals surface area contributed by atoms with Crippen LogP contribution in [0.15, 0.2) is 76.1 Å². The van der Waals surface area contributed by atoms with Crippen LogP contribution in [0.2, 0.25) is 0 Å². The maximum absolute atomic E-state index is 13.3. The summed E-state index contributed by atoms with van der Waals surface area (Å²) in [6, 6.07) is 18.5. The first-order valence-corrected chi connectivity index (χ1v) is 10.2. The second-order valence-electron chi connectivity index (χ2n) is 6.29. The minimum atomic E-state index is -0.231. The average Bonchev–Trinajstić information content (AvgIpc) is 3.10. The van der Waals surface area contributed by atoms with Gasteiger partial charge in [-0.2, -0.15) is 0 Å². The summed E-state index contributed by atoms with van der Waals surface area (Å²) < 4.78 is 3.14. The molecule has 4 rings (SSSR count). The molecule has 0 spiro atoms. The molecule has 7 heteroatoms. The van der Waals surface area contributed by atoms with Gasteiger partial charge < -0.3 is 4.57 Å². The van der Waals surface area contributed by atoms with Gasteiger partial charge in [0.2, 0.25) is 0 Å². The van der Waals surface area contributed by atoms with E-state index in [-0.39, 0.29) is 18.0 Å². The third-order valence-electron chi connectivity index (χ3n) is 4.33. The van der Waals surface area contributed by atoms with E-state index in [1.807, 2.05) is 55.5 Å². The van der Waals surface area contributed by atoms with Gasteiger partial charge in [0.05, 0.1) is 15.9 Å². The van der Waals surface area contributed by atoms with Gasteiger partial charge in [0, 0.05) is 16.7 Å². The van der Waals surface area contributed by atoms with Crippen LogP contribution in [-0.2, 0) is 11.3 Å². The molecule has 4 aromatic rings. The number of nitrogens with zero attached hydrogens (tertiary/aromatic N) is 3. The molecule has 0 unspecified atom stereocenters. The number of carbonyl (C=O) groups is 1. The lowest BCUT2D eigenvalue weighted by Crippen LogP contribution is -2.33. The van der Waals surface area contributed by atoms with E-state index in [0.717, 1.165) is 25.9 Å². The van der Waals surface area contributed by atoms with Gasteiger partial charge in [-0.05, 0) is 52.7 Å². The fourth-order valence-corrected chi connectivity index (χ4v) is 4.33. The van der Waals surface area contributed by atoms with Gasteiger partial charge in [-0.1, -0.05) is 41.7 Å². The molecule has 0 fully saturated rings. The van der Waals surface area contributed by atoms with Crippen LogP contribution in [0.3, 0.4) is 0 Å². The lowest BCUT2D eigenvalue weighted by Gasteiger charge is -2.22. The lowest BCUT2D eigenvalue weighted by molar-refractivity contribution is -0.118. The van der Waals surface area contributed by atoms with Gasteiger partial charge in [0.25, 0.3) is 11.5 Å². The molecule has 0 aliphatic heterocycles. The van der Waals surface area contributed by atoms with Gasteiger partial charge in [-0.15, -0.1) is 0 Å². The van der Waals surface area contributed by atoms with Crippen molar-refractivity contribution in [2.45, 2.75) is 13.5 Å². The van der Waals surface area contributed by atoms with Crippen LogP contribution < -0.4 is 10.5 Å². The van der Waals surface area contributed by atoms with Crippen molar-refractivity contribution < 1.29 is 4.79 Å². The highest BCUT2D eigenvalue weighted by Crippen LogP contribution is 2.35. The number of aromatic nitrogens is 2. The first-order valence-electron chi connectivity index (χ1n) is 8.63. The smallest absolute Gasteiger partial charge is 0.253 e. The van der Waals surface area contributed by atoms with Crippen molar-refractivity contribution in [1.82, 2.24) is 9.55 Å². The Bertz CT molecular complexity index is 1200. The number of anilines is 2. The Kier molecular flexibility index (Phi) is 5.11. The second kappa shape index (κ2) is 7.69. The number of benzene rings is 2. The molecule has 2 aromatic heterocycles. The highest BCUT2D eigenvalue weighted by atomic mass is 79.9. The number of aryl methyl sites for hydroxylation is 1. The number of halogens is 1. The molecular formula is C21H16BrN3O2S. The summed E-state index contributed by atoms with van der Waals surface area (Å²) in [5.74, 6) is -0.228. The first kappa shape index (κ1) is 18.6. The Morgan fingerprint density at radius 2 is 1.86 bits per heavy atom. The molecule has 0 aliphatic rings. The van der Waals surface area contributed by atoms with Gasteiger partial charge in [-0.25, -0.2) is 4.98 Å². The third kappa shape index (κ3) is 3.63. The fraction of sp³-hybridized carbons (Fsp3) is 0.0952. The summed E-state index contributed by atoms with van der Waals surface area (Å²) in [6.45, 7) is 1.87. The number of carbonyl (C=O) groups excluding carboxylic acids is 1. The largest absolute Gasteiger partial charge is 0.305 e. The van der Waals surface area contributed by atoms with E-state index in [1.165, 1.54) is 22.0 Å². The van der Waals surface area contributed by atoms with Crippen LogP contribution in [0.4, 0.5) is 10.8 Å². The number of amides is 1. The normalized spacial score (nSPS) is 10.9. The van der Waals surface area contributed by atoms with Crippen molar-refractivity contribution in [2.24, 2.45) is 0 Å². The summed E-state index contributed by atoms with van der Waals surface area (Å²) in [6.07, 6.45) is 1.62. The van der Waals surface area contributed by atoms with E-state index < -0.39 is 0 Å². The van der Waals surface area contributed by atoms with Crippen molar-refractivity contribution in [1.29, 1.82) is 0 Å². The number of hydrogen-bond donors (Lipinski definition) is 0. The lowest BCUT2D eigenvalue weighted by atomic mass is 10.2. The van der Waals surface area contributed by atoms with E-state index >= 15 is 0 Å². The predicted octanol–water partition coefficient (Wildman–Crippen LogP) is 4.89. The number of hydrogen-bond acceptors (Lipinski definition) is 4. The quantitative estimate of drug-likeness (QED) is 0.441. The molecule has 0 aliphatic carbocycles. The maximum atomic E-state index is 13.3. The minimum absolute atomic E-state index is 0.0808.